The molecule has 1 saturated heterocycles. The standard InChI is InChI=1S/C25H26Cl2N2O3/c1-17-3-4-18(2)24(13-17)31-16-21-7-8-23(32-21)25(30)29-11-9-28(10-12-29)15-19-5-6-20(26)14-22(19)27/h3-8,13-14H,9-12,15-16H2,1-2H3. The third kappa shape index (κ3) is 5.47. The summed E-state index contributed by atoms with van der Waals surface area (Å²) < 4.78 is 11.7. The number of halogens is 2. The second-order valence-electron chi connectivity index (χ2n) is 8.13. The number of piperazine rings is 1. The van der Waals surface area contributed by atoms with E-state index in [1.165, 1.54) is 0 Å². The molecule has 0 N–H and O–H groups in total. The number of amides is 1. The molecule has 0 unspecified atom stereocenters. The highest BCUT2D eigenvalue weighted by atomic mass is 35.5. The van der Waals surface area contributed by atoms with Crippen molar-refractivity contribution in [2.75, 3.05) is 26.2 Å². The molecule has 0 aliphatic carbocycles. The van der Waals surface area contributed by atoms with Crippen LogP contribution >= 0.6 is 23.2 Å². The van der Waals surface area contributed by atoms with Gasteiger partial charge in [0.25, 0.3) is 5.91 Å². The Balaban J connectivity index is 1.30. The van der Waals surface area contributed by atoms with Gasteiger partial charge in [-0.15, -0.1) is 0 Å². The molecule has 1 aromatic heterocycles. The van der Waals surface area contributed by atoms with Crippen LogP contribution in [0.3, 0.4) is 0 Å². The van der Waals surface area contributed by atoms with Crippen LogP contribution in [-0.4, -0.2) is 41.9 Å². The highest BCUT2D eigenvalue weighted by molar-refractivity contribution is 6.35. The molecule has 7 heteroatoms. The predicted octanol–water partition coefficient (Wildman–Crippen LogP) is 5.74. The number of carbonyl (C=O) groups excluding carboxylic acids is 1. The highest BCUT2D eigenvalue weighted by Crippen LogP contribution is 2.24. The number of nitrogens with zero attached hydrogens (tertiary/aromatic N) is 2. The molecular weight excluding hydrogens is 447 g/mol. The topological polar surface area (TPSA) is 45.9 Å². The first-order valence-electron chi connectivity index (χ1n) is 10.6. The van der Waals surface area contributed by atoms with E-state index in [1.54, 1.807) is 18.2 Å². The zero-order valence-electron chi connectivity index (χ0n) is 18.2. The molecule has 0 saturated carbocycles. The molecule has 168 valence electrons. The Labute approximate surface area is 198 Å². The van der Waals surface area contributed by atoms with Crippen LogP contribution in [0.5, 0.6) is 5.75 Å². The fraction of sp³-hybridized carbons (Fsp3) is 0.320. The lowest BCUT2D eigenvalue weighted by molar-refractivity contribution is 0.0594. The maximum atomic E-state index is 12.9. The number of rotatable bonds is 6. The molecule has 0 bridgehead atoms. The predicted molar refractivity (Wildman–Crippen MR) is 127 cm³/mol. The zero-order chi connectivity index (χ0) is 22.7. The van der Waals surface area contributed by atoms with Crippen molar-refractivity contribution < 1.29 is 13.9 Å². The summed E-state index contributed by atoms with van der Waals surface area (Å²) in [5, 5.41) is 1.30. The van der Waals surface area contributed by atoms with E-state index in [0.29, 0.717) is 34.7 Å². The number of hydrogen-bond donors (Lipinski definition) is 0. The lowest BCUT2D eigenvalue weighted by atomic mass is 10.1. The largest absolute Gasteiger partial charge is 0.485 e. The van der Waals surface area contributed by atoms with Gasteiger partial charge in [0.1, 0.15) is 18.1 Å². The zero-order valence-corrected chi connectivity index (χ0v) is 19.7. The van der Waals surface area contributed by atoms with Gasteiger partial charge in [-0.05, 0) is 60.9 Å². The number of benzene rings is 2. The van der Waals surface area contributed by atoms with Crippen LogP contribution in [0.25, 0.3) is 0 Å². The highest BCUT2D eigenvalue weighted by Gasteiger charge is 2.24. The number of aryl methyl sites for hydroxylation is 2. The minimum Gasteiger partial charge on any atom is -0.485 e. The SMILES string of the molecule is Cc1ccc(C)c(OCc2ccc(C(=O)N3CCN(Cc4ccc(Cl)cc4Cl)CC3)o2)c1. The average Bonchev–Trinajstić information content (AvgIpc) is 3.25. The minimum atomic E-state index is -0.0906. The first-order valence-corrected chi connectivity index (χ1v) is 11.4. The van der Waals surface area contributed by atoms with Gasteiger partial charge in [0.2, 0.25) is 0 Å². The van der Waals surface area contributed by atoms with Crippen LogP contribution in [0.1, 0.15) is 33.0 Å². The van der Waals surface area contributed by atoms with Gasteiger partial charge in [0, 0.05) is 42.8 Å². The summed E-state index contributed by atoms with van der Waals surface area (Å²) in [7, 11) is 0. The number of carbonyl (C=O) groups is 1. The molecule has 0 atom stereocenters. The Morgan fingerprint density at radius 1 is 1.00 bits per heavy atom. The molecule has 1 aliphatic heterocycles. The van der Waals surface area contributed by atoms with E-state index >= 15 is 0 Å². The normalized spacial score (nSPS) is 14.6. The lowest BCUT2D eigenvalue weighted by Gasteiger charge is -2.34. The van der Waals surface area contributed by atoms with Crippen molar-refractivity contribution in [3.05, 3.63) is 86.8 Å². The van der Waals surface area contributed by atoms with Gasteiger partial charge in [-0.1, -0.05) is 41.4 Å². The summed E-state index contributed by atoms with van der Waals surface area (Å²) in [4.78, 5) is 17.0. The second-order valence-corrected chi connectivity index (χ2v) is 8.97. The lowest BCUT2D eigenvalue weighted by Crippen LogP contribution is -2.48. The Morgan fingerprint density at radius 2 is 1.78 bits per heavy atom. The third-order valence-electron chi connectivity index (χ3n) is 5.65. The van der Waals surface area contributed by atoms with Gasteiger partial charge in [-0.3, -0.25) is 9.69 Å². The van der Waals surface area contributed by atoms with Crippen molar-refractivity contribution in [1.82, 2.24) is 9.80 Å². The average molecular weight is 473 g/mol. The van der Waals surface area contributed by atoms with E-state index in [0.717, 1.165) is 42.1 Å². The summed E-state index contributed by atoms with van der Waals surface area (Å²) in [6.07, 6.45) is 0. The molecule has 1 aliphatic rings. The van der Waals surface area contributed by atoms with Crippen molar-refractivity contribution in [2.24, 2.45) is 0 Å². The molecule has 0 spiro atoms. The monoisotopic (exact) mass is 472 g/mol. The van der Waals surface area contributed by atoms with Crippen molar-refractivity contribution in [1.29, 1.82) is 0 Å². The number of ether oxygens (including phenoxy) is 1. The molecule has 0 radical (unpaired) electrons. The van der Waals surface area contributed by atoms with Gasteiger partial charge in [-0.2, -0.15) is 0 Å². The fourth-order valence-electron chi connectivity index (χ4n) is 3.74. The molecule has 3 aromatic rings. The van der Waals surface area contributed by atoms with Crippen molar-refractivity contribution >= 4 is 29.1 Å². The van der Waals surface area contributed by atoms with Crippen LogP contribution < -0.4 is 4.74 Å². The molecule has 1 fully saturated rings. The Hall–Kier alpha value is -2.47. The molecule has 2 heterocycles. The van der Waals surface area contributed by atoms with Crippen LogP contribution in [0.15, 0.2) is 52.9 Å². The van der Waals surface area contributed by atoms with Gasteiger partial charge >= 0.3 is 0 Å². The fourth-order valence-corrected chi connectivity index (χ4v) is 4.21. The Bertz CT molecular complexity index is 1100. The van der Waals surface area contributed by atoms with E-state index in [2.05, 4.69) is 11.0 Å². The quantitative estimate of drug-likeness (QED) is 0.458. The first-order chi connectivity index (χ1) is 15.4. The summed E-state index contributed by atoms with van der Waals surface area (Å²) in [5.74, 6) is 1.71. The maximum absolute atomic E-state index is 12.9. The summed E-state index contributed by atoms with van der Waals surface area (Å²) in [5.41, 5.74) is 3.24. The van der Waals surface area contributed by atoms with Gasteiger partial charge in [0.15, 0.2) is 5.76 Å². The maximum Gasteiger partial charge on any atom is 0.289 e. The van der Waals surface area contributed by atoms with E-state index < -0.39 is 0 Å². The van der Waals surface area contributed by atoms with Crippen molar-refractivity contribution in [2.45, 2.75) is 27.0 Å². The van der Waals surface area contributed by atoms with Crippen molar-refractivity contribution in [3.8, 4) is 5.75 Å². The van der Waals surface area contributed by atoms with Crippen LogP contribution in [-0.2, 0) is 13.2 Å². The smallest absolute Gasteiger partial charge is 0.289 e. The summed E-state index contributed by atoms with van der Waals surface area (Å²) >= 11 is 12.3. The van der Waals surface area contributed by atoms with E-state index in [-0.39, 0.29) is 12.5 Å². The Morgan fingerprint density at radius 3 is 2.53 bits per heavy atom. The first kappa shape index (κ1) is 22.7. The van der Waals surface area contributed by atoms with Crippen LogP contribution in [0.2, 0.25) is 10.0 Å². The molecule has 1 amide bonds. The molecular formula is C25H26Cl2N2O3. The third-order valence-corrected chi connectivity index (χ3v) is 6.24. The molecule has 2 aromatic carbocycles. The van der Waals surface area contributed by atoms with Gasteiger partial charge in [0.05, 0.1) is 0 Å². The number of hydrogen-bond acceptors (Lipinski definition) is 4. The molecule has 32 heavy (non-hydrogen) atoms. The minimum absolute atomic E-state index is 0.0906. The Kier molecular flexibility index (Phi) is 7.09. The summed E-state index contributed by atoms with van der Waals surface area (Å²) in [6.45, 7) is 7.87. The summed E-state index contributed by atoms with van der Waals surface area (Å²) in [6, 6.07) is 15.2. The molecule has 5 nitrogen and oxygen atoms in total. The van der Waals surface area contributed by atoms with Crippen LogP contribution in [0, 0.1) is 13.8 Å². The van der Waals surface area contributed by atoms with E-state index in [1.807, 2.05) is 43.0 Å². The van der Waals surface area contributed by atoms with Crippen molar-refractivity contribution in [3.63, 3.8) is 0 Å². The van der Waals surface area contributed by atoms with Gasteiger partial charge < -0.3 is 14.1 Å². The van der Waals surface area contributed by atoms with Gasteiger partial charge in [-0.25, -0.2) is 0 Å². The van der Waals surface area contributed by atoms with E-state index in [4.69, 9.17) is 32.4 Å². The van der Waals surface area contributed by atoms with E-state index in [9.17, 15) is 4.79 Å². The van der Waals surface area contributed by atoms with Crippen LogP contribution in [0.4, 0.5) is 0 Å². The second kappa shape index (κ2) is 9.99. The number of furan rings is 1. The molecule has 4 rings (SSSR count).